The Bertz CT molecular complexity index is 344. The van der Waals surface area contributed by atoms with Crippen LogP contribution in [0.3, 0.4) is 0 Å². The standard InChI is InChI=1S/C9H16N4O2/c1-3-9(5-10,8(14)15)4-7-11-6-12-13(7)2/h6H,3-5,10H2,1-2H3,(H,14,15). The van der Waals surface area contributed by atoms with Gasteiger partial charge in [-0.2, -0.15) is 5.10 Å². The summed E-state index contributed by atoms with van der Waals surface area (Å²) in [7, 11) is 1.74. The number of aromatic nitrogens is 3. The number of carboxylic acids is 1. The number of nitrogens with two attached hydrogens (primary N) is 1. The zero-order valence-electron chi connectivity index (χ0n) is 8.97. The third kappa shape index (κ3) is 2.15. The van der Waals surface area contributed by atoms with Crippen molar-refractivity contribution in [3.63, 3.8) is 0 Å². The largest absolute Gasteiger partial charge is 0.481 e. The van der Waals surface area contributed by atoms with Gasteiger partial charge in [0.15, 0.2) is 0 Å². The van der Waals surface area contributed by atoms with Crippen LogP contribution in [0.15, 0.2) is 6.33 Å². The first-order valence-electron chi connectivity index (χ1n) is 4.82. The first-order valence-corrected chi connectivity index (χ1v) is 4.82. The van der Waals surface area contributed by atoms with Gasteiger partial charge in [0.05, 0.1) is 5.41 Å². The van der Waals surface area contributed by atoms with Gasteiger partial charge in [0.2, 0.25) is 0 Å². The average molecular weight is 212 g/mol. The van der Waals surface area contributed by atoms with E-state index in [9.17, 15) is 9.90 Å². The van der Waals surface area contributed by atoms with Gasteiger partial charge in [-0.1, -0.05) is 6.92 Å². The van der Waals surface area contributed by atoms with Gasteiger partial charge in [0.25, 0.3) is 0 Å². The molecule has 0 aliphatic heterocycles. The first-order chi connectivity index (χ1) is 7.05. The Morgan fingerprint density at radius 1 is 1.73 bits per heavy atom. The summed E-state index contributed by atoms with van der Waals surface area (Å²) in [4.78, 5) is 15.2. The molecule has 6 nitrogen and oxygen atoms in total. The maximum atomic E-state index is 11.2. The molecule has 0 bridgehead atoms. The van der Waals surface area contributed by atoms with Gasteiger partial charge in [-0.05, 0) is 6.42 Å². The molecule has 0 spiro atoms. The monoisotopic (exact) mass is 212 g/mol. The second-order valence-electron chi connectivity index (χ2n) is 3.62. The summed E-state index contributed by atoms with van der Waals surface area (Å²) >= 11 is 0. The molecule has 0 aliphatic rings. The Hall–Kier alpha value is -1.43. The van der Waals surface area contributed by atoms with Crippen LogP contribution in [0.5, 0.6) is 0 Å². The van der Waals surface area contributed by atoms with E-state index in [1.807, 2.05) is 6.92 Å². The van der Waals surface area contributed by atoms with Crippen LogP contribution in [-0.2, 0) is 18.3 Å². The number of hydrogen-bond donors (Lipinski definition) is 2. The summed E-state index contributed by atoms with van der Waals surface area (Å²) in [5.41, 5.74) is 4.62. The quantitative estimate of drug-likeness (QED) is 0.704. The summed E-state index contributed by atoms with van der Waals surface area (Å²) in [6, 6.07) is 0. The average Bonchev–Trinajstić information content (AvgIpc) is 2.60. The highest BCUT2D eigenvalue weighted by Crippen LogP contribution is 2.25. The van der Waals surface area contributed by atoms with E-state index in [2.05, 4.69) is 10.1 Å². The SMILES string of the molecule is CCC(CN)(Cc1ncnn1C)C(=O)O. The summed E-state index contributed by atoms with van der Waals surface area (Å²) in [5, 5.41) is 13.1. The number of aryl methyl sites for hydroxylation is 1. The van der Waals surface area contributed by atoms with Crippen molar-refractivity contribution in [3.8, 4) is 0 Å². The highest BCUT2D eigenvalue weighted by molar-refractivity contribution is 5.75. The molecule has 0 aliphatic carbocycles. The first kappa shape index (κ1) is 11.6. The molecular weight excluding hydrogens is 196 g/mol. The van der Waals surface area contributed by atoms with Crippen molar-refractivity contribution in [1.29, 1.82) is 0 Å². The van der Waals surface area contributed by atoms with E-state index in [-0.39, 0.29) is 6.54 Å². The molecule has 1 unspecified atom stereocenters. The van der Waals surface area contributed by atoms with E-state index in [0.717, 1.165) is 0 Å². The van der Waals surface area contributed by atoms with Crippen LogP contribution in [0.1, 0.15) is 19.2 Å². The number of rotatable bonds is 5. The van der Waals surface area contributed by atoms with Crippen LogP contribution in [-0.4, -0.2) is 32.4 Å². The topological polar surface area (TPSA) is 94.0 Å². The molecule has 0 saturated carbocycles. The van der Waals surface area contributed by atoms with Gasteiger partial charge in [0.1, 0.15) is 12.2 Å². The predicted octanol–water partition coefficient (Wildman–Crippen LogP) is -0.203. The number of carbonyl (C=O) groups is 1. The summed E-state index contributed by atoms with van der Waals surface area (Å²) in [5.74, 6) is -0.236. The fraction of sp³-hybridized carbons (Fsp3) is 0.667. The summed E-state index contributed by atoms with van der Waals surface area (Å²) in [6.07, 6.45) is 2.20. The molecule has 6 heteroatoms. The van der Waals surface area contributed by atoms with E-state index >= 15 is 0 Å². The van der Waals surface area contributed by atoms with Crippen LogP contribution in [0.4, 0.5) is 0 Å². The van der Waals surface area contributed by atoms with E-state index in [1.54, 1.807) is 11.7 Å². The Labute approximate surface area is 88.1 Å². The fourth-order valence-corrected chi connectivity index (χ4v) is 1.44. The lowest BCUT2D eigenvalue weighted by Gasteiger charge is -2.25. The van der Waals surface area contributed by atoms with Crippen molar-refractivity contribution >= 4 is 5.97 Å². The molecular formula is C9H16N4O2. The fourth-order valence-electron chi connectivity index (χ4n) is 1.44. The van der Waals surface area contributed by atoms with Crippen LogP contribution < -0.4 is 5.73 Å². The maximum absolute atomic E-state index is 11.2. The van der Waals surface area contributed by atoms with Crippen molar-refractivity contribution in [1.82, 2.24) is 14.8 Å². The van der Waals surface area contributed by atoms with Crippen molar-refractivity contribution in [2.24, 2.45) is 18.2 Å². The van der Waals surface area contributed by atoms with Gasteiger partial charge in [-0.3, -0.25) is 9.48 Å². The lowest BCUT2D eigenvalue weighted by molar-refractivity contribution is -0.148. The molecule has 1 aromatic heterocycles. The molecule has 15 heavy (non-hydrogen) atoms. The molecule has 0 radical (unpaired) electrons. The Kier molecular flexibility index (Phi) is 3.41. The highest BCUT2D eigenvalue weighted by atomic mass is 16.4. The number of carboxylic acid groups (broad SMARTS) is 1. The van der Waals surface area contributed by atoms with Crippen LogP contribution in [0.2, 0.25) is 0 Å². The Morgan fingerprint density at radius 2 is 2.40 bits per heavy atom. The van der Waals surface area contributed by atoms with Crippen LogP contribution in [0.25, 0.3) is 0 Å². The van der Waals surface area contributed by atoms with Crippen LogP contribution >= 0.6 is 0 Å². The van der Waals surface area contributed by atoms with E-state index in [4.69, 9.17) is 5.73 Å². The normalized spacial score (nSPS) is 14.9. The molecule has 1 rings (SSSR count). The number of hydrogen-bond acceptors (Lipinski definition) is 4. The third-order valence-electron chi connectivity index (χ3n) is 2.82. The molecule has 3 N–H and O–H groups in total. The van der Waals surface area contributed by atoms with Gasteiger partial charge < -0.3 is 10.8 Å². The molecule has 1 aromatic rings. The summed E-state index contributed by atoms with van der Waals surface area (Å²) in [6.45, 7) is 1.92. The second kappa shape index (κ2) is 4.39. The Morgan fingerprint density at radius 3 is 2.73 bits per heavy atom. The van der Waals surface area contributed by atoms with Gasteiger partial charge in [-0.25, -0.2) is 4.98 Å². The molecule has 0 amide bonds. The second-order valence-corrected chi connectivity index (χ2v) is 3.62. The van der Waals surface area contributed by atoms with Crippen molar-refractivity contribution in [2.45, 2.75) is 19.8 Å². The lowest BCUT2D eigenvalue weighted by Crippen LogP contribution is -2.40. The summed E-state index contributed by atoms with van der Waals surface area (Å²) < 4.78 is 1.57. The van der Waals surface area contributed by atoms with Crippen molar-refractivity contribution in [3.05, 3.63) is 12.2 Å². The molecule has 1 heterocycles. The minimum atomic E-state index is -0.930. The zero-order chi connectivity index (χ0) is 11.5. The minimum Gasteiger partial charge on any atom is -0.481 e. The lowest BCUT2D eigenvalue weighted by atomic mass is 9.81. The molecule has 0 saturated heterocycles. The molecule has 84 valence electrons. The molecule has 1 atom stereocenters. The van der Waals surface area contributed by atoms with Gasteiger partial charge in [0, 0.05) is 20.0 Å². The van der Waals surface area contributed by atoms with Crippen LogP contribution in [0, 0.1) is 5.41 Å². The number of nitrogens with zero attached hydrogens (tertiary/aromatic N) is 3. The van der Waals surface area contributed by atoms with Crippen molar-refractivity contribution < 1.29 is 9.90 Å². The highest BCUT2D eigenvalue weighted by Gasteiger charge is 2.36. The zero-order valence-corrected chi connectivity index (χ0v) is 8.97. The molecule has 0 aromatic carbocycles. The van der Waals surface area contributed by atoms with Gasteiger partial charge in [-0.15, -0.1) is 0 Å². The Balaban J connectivity index is 2.93. The van der Waals surface area contributed by atoms with E-state index < -0.39 is 11.4 Å². The smallest absolute Gasteiger partial charge is 0.311 e. The van der Waals surface area contributed by atoms with E-state index in [1.165, 1.54) is 6.33 Å². The van der Waals surface area contributed by atoms with Crippen molar-refractivity contribution in [2.75, 3.05) is 6.54 Å². The minimum absolute atomic E-state index is 0.103. The number of aliphatic carboxylic acids is 1. The van der Waals surface area contributed by atoms with Gasteiger partial charge >= 0.3 is 5.97 Å². The predicted molar refractivity (Wildman–Crippen MR) is 54.1 cm³/mol. The molecule has 0 fully saturated rings. The third-order valence-corrected chi connectivity index (χ3v) is 2.82. The van der Waals surface area contributed by atoms with E-state index in [0.29, 0.717) is 18.7 Å². The maximum Gasteiger partial charge on any atom is 0.311 e.